The number of ether oxygens (including phenoxy) is 1. The first-order chi connectivity index (χ1) is 10.8. The Morgan fingerprint density at radius 3 is 2.35 bits per heavy atom. The number of hydrogen-bond acceptors (Lipinski definition) is 3. The van der Waals surface area contributed by atoms with Crippen molar-refractivity contribution in [2.75, 3.05) is 0 Å². The summed E-state index contributed by atoms with van der Waals surface area (Å²) < 4.78 is 56.3. The van der Waals surface area contributed by atoms with Crippen LogP contribution in [0.4, 0.5) is 23.2 Å². The standard InChI is InChI=1S/C16H11F4NO2/c1-10(22)23-13-5-2-11(3-6-13)9-21-15-7-4-12(17)8-14(15)16(18,19)20/h2-9H,1H3. The molecule has 3 nitrogen and oxygen atoms in total. The molecule has 0 fully saturated rings. The van der Waals surface area contributed by atoms with Crippen LogP contribution in [0.5, 0.6) is 5.75 Å². The van der Waals surface area contributed by atoms with Gasteiger partial charge in [-0.05, 0) is 48.0 Å². The number of carbonyl (C=O) groups is 1. The van der Waals surface area contributed by atoms with Crippen LogP contribution in [0.2, 0.25) is 0 Å². The highest BCUT2D eigenvalue weighted by Gasteiger charge is 2.33. The molecule has 0 aliphatic carbocycles. The smallest absolute Gasteiger partial charge is 0.418 e. The zero-order valence-corrected chi connectivity index (χ0v) is 11.9. The van der Waals surface area contributed by atoms with Crippen molar-refractivity contribution in [3.63, 3.8) is 0 Å². The Labute approximate surface area is 129 Å². The Hall–Kier alpha value is -2.70. The van der Waals surface area contributed by atoms with Crippen LogP contribution in [0, 0.1) is 5.82 Å². The van der Waals surface area contributed by atoms with E-state index in [1.807, 2.05) is 0 Å². The molecule has 23 heavy (non-hydrogen) atoms. The van der Waals surface area contributed by atoms with E-state index in [2.05, 4.69) is 4.99 Å². The zero-order chi connectivity index (χ0) is 17.0. The van der Waals surface area contributed by atoms with Crippen LogP contribution in [0.25, 0.3) is 0 Å². The second-order valence-electron chi connectivity index (χ2n) is 4.58. The minimum Gasteiger partial charge on any atom is -0.427 e. The molecular formula is C16H11F4NO2. The second-order valence-corrected chi connectivity index (χ2v) is 4.58. The van der Waals surface area contributed by atoms with E-state index in [4.69, 9.17) is 4.74 Å². The first-order valence-electron chi connectivity index (χ1n) is 6.45. The van der Waals surface area contributed by atoms with Crippen LogP contribution in [0.15, 0.2) is 47.5 Å². The quantitative estimate of drug-likeness (QED) is 0.360. The third-order valence-electron chi connectivity index (χ3n) is 2.76. The topological polar surface area (TPSA) is 38.7 Å². The lowest BCUT2D eigenvalue weighted by Crippen LogP contribution is -2.05. The molecule has 0 saturated carbocycles. The van der Waals surface area contributed by atoms with Crippen molar-refractivity contribution in [3.8, 4) is 5.75 Å². The van der Waals surface area contributed by atoms with E-state index in [9.17, 15) is 22.4 Å². The minimum atomic E-state index is -4.70. The van der Waals surface area contributed by atoms with Gasteiger partial charge in [0.15, 0.2) is 0 Å². The lowest BCUT2D eigenvalue weighted by molar-refractivity contribution is -0.137. The summed E-state index contributed by atoms with van der Waals surface area (Å²) in [5.74, 6) is -1.15. The van der Waals surface area contributed by atoms with Crippen molar-refractivity contribution in [1.29, 1.82) is 0 Å². The molecule has 2 aromatic carbocycles. The molecule has 0 bridgehead atoms. The molecule has 0 aromatic heterocycles. The largest absolute Gasteiger partial charge is 0.427 e. The third-order valence-corrected chi connectivity index (χ3v) is 2.76. The van der Waals surface area contributed by atoms with Gasteiger partial charge in [-0.15, -0.1) is 0 Å². The lowest BCUT2D eigenvalue weighted by atomic mass is 10.1. The highest BCUT2D eigenvalue weighted by atomic mass is 19.4. The summed E-state index contributed by atoms with van der Waals surface area (Å²) in [5.41, 5.74) is -1.04. The van der Waals surface area contributed by atoms with Gasteiger partial charge in [0, 0.05) is 13.1 Å². The number of benzene rings is 2. The Bertz CT molecular complexity index is 737. The van der Waals surface area contributed by atoms with Crippen molar-refractivity contribution < 1.29 is 27.1 Å². The molecule has 0 aliphatic rings. The molecule has 0 radical (unpaired) electrons. The van der Waals surface area contributed by atoms with Gasteiger partial charge < -0.3 is 4.74 Å². The molecular weight excluding hydrogens is 314 g/mol. The Morgan fingerprint density at radius 2 is 1.78 bits per heavy atom. The van der Waals surface area contributed by atoms with Gasteiger partial charge in [-0.3, -0.25) is 9.79 Å². The highest BCUT2D eigenvalue weighted by Crippen LogP contribution is 2.36. The number of rotatable bonds is 3. The summed E-state index contributed by atoms with van der Waals surface area (Å²) in [6.07, 6.45) is -3.49. The van der Waals surface area contributed by atoms with Crippen molar-refractivity contribution in [1.82, 2.24) is 0 Å². The summed E-state index contributed by atoms with van der Waals surface area (Å²) in [6.45, 7) is 1.25. The van der Waals surface area contributed by atoms with Crippen molar-refractivity contribution >= 4 is 17.9 Å². The number of aliphatic imine (C=N–C) groups is 1. The average Bonchev–Trinajstić information content (AvgIpc) is 2.46. The Balaban J connectivity index is 2.25. The molecule has 0 atom stereocenters. The van der Waals surface area contributed by atoms with Gasteiger partial charge in [-0.1, -0.05) is 0 Å². The van der Waals surface area contributed by atoms with Crippen LogP contribution in [0.1, 0.15) is 18.1 Å². The monoisotopic (exact) mass is 325 g/mol. The normalized spacial score (nSPS) is 11.7. The summed E-state index contributed by atoms with van der Waals surface area (Å²) in [4.78, 5) is 14.5. The molecule has 120 valence electrons. The molecule has 0 N–H and O–H groups in total. The molecule has 0 heterocycles. The third kappa shape index (κ3) is 4.64. The predicted octanol–water partition coefficient (Wildman–Crippen LogP) is 4.52. The number of halogens is 4. The van der Waals surface area contributed by atoms with E-state index >= 15 is 0 Å². The van der Waals surface area contributed by atoms with E-state index in [-0.39, 0.29) is 5.69 Å². The van der Waals surface area contributed by atoms with E-state index in [1.54, 1.807) is 0 Å². The van der Waals surface area contributed by atoms with E-state index in [0.29, 0.717) is 17.4 Å². The molecule has 0 amide bonds. The van der Waals surface area contributed by atoms with Crippen LogP contribution in [-0.2, 0) is 11.0 Å². The van der Waals surface area contributed by atoms with Gasteiger partial charge in [0.1, 0.15) is 11.6 Å². The van der Waals surface area contributed by atoms with Crippen LogP contribution in [-0.4, -0.2) is 12.2 Å². The molecule has 7 heteroatoms. The molecule has 2 aromatic rings. The number of hydrogen-bond donors (Lipinski definition) is 0. The van der Waals surface area contributed by atoms with Crippen LogP contribution < -0.4 is 4.74 Å². The highest BCUT2D eigenvalue weighted by molar-refractivity contribution is 5.82. The van der Waals surface area contributed by atoms with Gasteiger partial charge in [0.2, 0.25) is 0 Å². The summed E-state index contributed by atoms with van der Waals surface area (Å²) in [7, 11) is 0. The predicted molar refractivity (Wildman–Crippen MR) is 76.4 cm³/mol. The number of alkyl halides is 3. The Morgan fingerprint density at radius 1 is 1.13 bits per heavy atom. The number of nitrogens with zero attached hydrogens (tertiary/aromatic N) is 1. The van der Waals surface area contributed by atoms with Gasteiger partial charge in [-0.25, -0.2) is 4.39 Å². The fourth-order valence-electron chi connectivity index (χ4n) is 1.78. The molecule has 0 spiro atoms. The maximum atomic E-state index is 13.0. The van der Waals surface area contributed by atoms with Gasteiger partial charge in [0.25, 0.3) is 0 Å². The average molecular weight is 325 g/mol. The van der Waals surface area contributed by atoms with Gasteiger partial charge >= 0.3 is 12.1 Å². The summed E-state index contributed by atoms with van der Waals surface area (Å²) in [6, 6.07) is 8.29. The molecule has 2 rings (SSSR count). The summed E-state index contributed by atoms with van der Waals surface area (Å²) in [5, 5.41) is 0. The maximum absolute atomic E-state index is 13.0. The molecule has 0 unspecified atom stereocenters. The van der Waals surface area contributed by atoms with Gasteiger partial charge in [-0.2, -0.15) is 13.2 Å². The van der Waals surface area contributed by atoms with Crippen molar-refractivity contribution in [2.45, 2.75) is 13.1 Å². The number of esters is 1. The lowest BCUT2D eigenvalue weighted by Gasteiger charge is -2.09. The van der Waals surface area contributed by atoms with Gasteiger partial charge in [0.05, 0.1) is 11.3 Å². The van der Waals surface area contributed by atoms with E-state index in [0.717, 1.165) is 12.1 Å². The van der Waals surface area contributed by atoms with E-state index < -0.39 is 23.5 Å². The van der Waals surface area contributed by atoms with Crippen molar-refractivity contribution in [2.24, 2.45) is 4.99 Å². The fourth-order valence-corrected chi connectivity index (χ4v) is 1.78. The summed E-state index contributed by atoms with van der Waals surface area (Å²) >= 11 is 0. The van der Waals surface area contributed by atoms with Crippen LogP contribution in [0.3, 0.4) is 0 Å². The zero-order valence-electron chi connectivity index (χ0n) is 11.9. The minimum absolute atomic E-state index is 0.312. The SMILES string of the molecule is CC(=O)Oc1ccc(C=Nc2ccc(F)cc2C(F)(F)F)cc1. The van der Waals surface area contributed by atoms with E-state index in [1.165, 1.54) is 37.4 Å². The van der Waals surface area contributed by atoms with Crippen molar-refractivity contribution in [3.05, 3.63) is 59.4 Å². The fraction of sp³-hybridized carbons (Fsp3) is 0.125. The Kier molecular flexibility index (Phi) is 4.78. The number of carbonyl (C=O) groups excluding carboxylic acids is 1. The molecule has 0 saturated heterocycles. The second kappa shape index (κ2) is 6.60. The van der Waals surface area contributed by atoms with Crippen LogP contribution >= 0.6 is 0 Å². The first-order valence-corrected chi connectivity index (χ1v) is 6.45. The first kappa shape index (κ1) is 16.7. The maximum Gasteiger partial charge on any atom is 0.418 e. The molecule has 0 aliphatic heterocycles.